The summed E-state index contributed by atoms with van der Waals surface area (Å²) in [5.41, 5.74) is 2.73. The van der Waals surface area contributed by atoms with Gasteiger partial charge in [-0.15, -0.1) is 0 Å². The second kappa shape index (κ2) is 6.22. The van der Waals surface area contributed by atoms with Crippen LogP contribution in [0, 0.1) is 29.6 Å². The Morgan fingerprint density at radius 1 is 1.32 bits per heavy atom. The Morgan fingerprint density at radius 2 is 2.05 bits per heavy atom. The fourth-order valence-electron chi connectivity index (χ4n) is 2.43. The van der Waals surface area contributed by atoms with Gasteiger partial charge in [0.05, 0.1) is 23.9 Å². The summed E-state index contributed by atoms with van der Waals surface area (Å²) in [5, 5.41) is 21.3. The molecule has 0 radical (unpaired) electrons. The van der Waals surface area contributed by atoms with E-state index < -0.39 is 0 Å². The minimum Gasteiger partial charge on any atom is -0.381 e. The van der Waals surface area contributed by atoms with Crippen LogP contribution in [0.1, 0.15) is 24.0 Å². The molecular weight excluding hydrogens is 236 g/mol. The maximum Gasteiger partial charge on any atom is 0.101 e. The predicted molar refractivity (Wildman–Crippen MR) is 74.6 cm³/mol. The van der Waals surface area contributed by atoms with E-state index in [0.717, 1.165) is 37.2 Å². The largest absolute Gasteiger partial charge is 0.381 e. The van der Waals surface area contributed by atoms with E-state index in [1.165, 1.54) is 0 Å². The van der Waals surface area contributed by atoms with E-state index in [-0.39, 0.29) is 0 Å². The van der Waals surface area contributed by atoms with Gasteiger partial charge in [0.1, 0.15) is 6.07 Å². The average Bonchev–Trinajstić information content (AvgIpc) is 2.43. The summed E-state index contributed by atoms with van der Waals surface area (Å²) in [4.78, 5) is 2.17. The molecule has 1 aromatic carbocycles. The summed E-state index contributed by atoms with van der Waals surface area (Å²) in [6, 6.07) is 10.7. The molecule has 2 rings (SSSR count). The molecule has 0 spiro atoms. The number of benzene rings is 1. The van der Waals surface area contributed by atoms with Gasteiger partial charge in [-0.25, -0.2) is 0 Å². The molecule has 1 fully saturated rings. The maximum absolute atomic E-state index is 9.15. The Kier molecular flexibility index (Phi) is 4.39. The quantitative estimate of drug-likeness (QED) is 0.840. The highest BCUT2D eigenvalue weighted by Gasteiger charge is 2.19. The molecule has 0 saturated carbocycles. The second-order valence-electron chi connectivity index (χ2n) is 5.01. The van der Waals surface area contributed by atoms with Gasteiger partial charge in [-0.3, -0.25) is 4.90 Å². The van der Waals surface area contributed by atoms with Crippen molar-refractivity contribution >= 4 is 5.69 Å². The monoisotopic (exact) mass is 254 g/mol. The van der Waals surface area contributed by atoms with Crippen LogP contribution in [-0.2, 0) is 0 Å². The lowest BCUT2D eigenvalue weighted by atomic mass is 10.0. The first-order valence-electron chi connectivity index (χ1n) is 6.59. The van der Waals surface area contributed by atoms with Crippen LogP contribution < -0.4 is 5.32 Å². The van der Waals surface area contributed by atoms with Crippen LogP contribution in [0.25, 0.3) is 0 Å². The molecular formula is C15H18N4. The summed E-state index contributed by atoms with van der Waals surface area (Å²) < 4.78 is 0. The highest BCUT2D eigenvalue weighted by Crippen LogP contribution is 2.21. The lowest BCUT2D eigenvalue weighted by Gasteiger charge is -2.31. The third-order valence-corrected chi connectivity index (χ3v) is 3.54. The number of anilines is 1. The average molecular weight is 254 g/mol. The van der Waals surface area contributed by atoms with Crippen molar-refractivity contribution in [1.29, 1.82) is 10.5 Å². The number of nitriles is 2. The zero-order chi connectivity index (χ0) is 13.7. The molecule has 0 unspecified atom stereocenters. The Morgan fingerprint density at radius 3 is 2.68 bits per heavy atom. The zero-order valence-electron chi connectivity index (χ0n) is 11.2. The number of rotatable bonds is 3. The van der Waals surface area contributed by atoms with E-state index in [0.29, 0.717) is 18.2 Å². The van der Waals surface area contributed by atoms with Crippen molar-refractivity contribution in [2.24, 2.45) is 0 Å². The van der Waals surface area contributed by atoms with Crippen molar-refractivity contribution in [3.05, 3.63) is 29.3 Å². The van der Waals surface area contributed by atoms with E-state index in [1.54, 1.807) is 0 Å². The van der Waals surface area contributed by atoms with Gasteiger partial charge in [0, 0.05) is 19.1 Å². The zero-order valence-corrected chi connectivity index (χ0v) is 11.2. The molecule has 1 aromatic rings. The third-order valence-electron chi connectivity index (χ3n) is 3.54. The van der Waals surface area contributed by atoms with Crippen molar-refractivity contribution in [3.63, 3.8) is 0 Å². The van der Waals surface area contributed by atoms with Crippen LogP contribution in [0.15, 0.2) is 18.2 Å². The fourth-order valence-corrected chi connectivity index (χ4v) is 2.43. The smallest absolute Gasteiger partial charge is 0.101 e. The molecule has 19 heavy (non-hydrogen) atoms. The number of nitrogens with zero attached hydrogens (tertiary/aromatic N) is 3. The van der Waals surface area contributed by atoms with Crippen LogP contribution in [0.4, 0.5) is 5.69 Å². The van der Waals surface area contributed by atoms with Gasteiger partial charge in [0.25, 0.3) is 0 Å². The first kappa shape index (κ1) is 13.4. The molecule has 1 aliphatic heterocycles. The summed E-state index contributed by atoms with van der Waals surface area (Å²) in [7, 11) is 0. The molecule has 4 heteroatoms. The molecule has 98 valence electrons. The topological polar surface area (TPSA) is 62.9 Å². The van der Waals surface area contributed by atoms with Crippen molar-refractivity contribution in [2.75, 3.05) is 25.0 Å². The molecule has 4 nitrogen and oxygen atoms in total. The number of hydrogen-bond acceptors (Lipinski definition) is 4. The lowest BCUT2D eigenvalue weighted by Crippen LogP contribution is -2.39. The SMILES string of the molecule is Cc1ccc(NC2CCN(CC#N)CC2)c(C#N)c1. The third kappa shape index (κ3) is 3.47. The highest BCUT2D eigenvalue weighted by molar-refractivity contribution is 5.59. The van der Waals surface area contributed by atoms with Gasteiger partial charge in [-0.1, -0.05) is 6.07 Å². The van der Waals surface area contributed by atoms with Gasteiger partial charge < -0.3 is 5.32 Å². The van der Waals surface area contributed by atoms with Crippen LogP contribution >= 0.6 is 0 Å². The number of hydrogen-bond donors (Lipinski definition) is 1. The van der Waals surface area contributed by atoms with E-state index >= 15 is 0 Å². The summed E-state index contributed by atoms with van der Waals surface area (Å²) in [5.74, 6) is 0. The van der Waals surface area contributed by atoms with Crippen molar-refractivity contribution < 1.29 is 0 Å². The summed E-state index contributed by atoms with van der Waals surface area (Å²) in [6.07, 6.45) is 2.03. The molecule has 0 atom stereocenters. The first-order chi connectivity index (χ1) is 9.22. The Bertz CT molecular complexity index is 516. The summed E-state index contributed by atoms with van der Waals surface area (Å²) >= 11 is 0. The Balaban J connectivity index is 1.96. The van der Waals surface area contributed by atoms with E-state index in [4.69, 9.17) is 10.5 Å². The number of aryl methyl sites for hydroxylation is 1. The molecule has 1 N–H and O–H groups in total. The van der Waals surface area contributed by atoms with Gasteiger partial charge in [-0.2, -0.15) is 10.5 Å². The molecule has 0 aromatic heterocycles. The van der Waals surface area contributed by atoms with Crippen molar-refractivity contribution in [2.45, 2.75) is 25.8 Å². The van der Waals surface area contributed by atoms with Gasteiger partial charge in [0.2, 0.25) is 0 Å². The Labute approximate surface area is 114 Å². The molecule has 0 amide bonds. The maximum atomic E-state index is 9.15. The first-order valence-corrected chi connectivity index (χ1v) is 6.59. The molecule has 1 aliphatic rings. The lowest BCUT2D eigenvalue weighted by molar-refractivity contribution is 0.242. The number of likely N-dealkylation sites (tertiary alicyclic amines) is 1. The standard InChI is InChI=1S/C15H18N4/c1-12-2-3-15(13(10-12)11-17)18-14-4-7-19(8-5-14)9-6-16/h2-3,10,14,18H,4-5,7-9H2,1H3. The summed E-state index contributed by atoms with van der Waals surface area (Å²) in [6.45, 7) is 4.39. The normalized spacial score (nSPS) is 16.6. The van der Waals surface area contributed by atoms with Crippen LogP contribution in [0.2, 0.25) is 0 Å². The van der Waals surface area contributed by atoms with Gasteiger partial charge >= 0.3 is 0 Å². The minimum atomic E-state index is 0.393. The van der Waals surface area contributed by atoms with Gasteiger partial charge in [0.15, 0.2) is 0 Å². The van der Waals surface area contributed by atoms with E-state index in [2.05, 4.69) is 22.4 Å². The second-order valence-corrected chi connectivity index (χ2v) is 5.01. The minimum absolute atomic E-state index is 0.393. The van der Waals surface area contributed by atoms with E-state index in [1.807, 2.05) is 25.1 Å². The van der Waals surface area contributed by atoms with Crippen LogP contribution in [0.5, 0.6) is 0 Å². The molecule has 1 heterocycles. The van der Waals surface area contributed by atoms with E-state index in [9.17, 15) is 0 Å². The highest BCUT2D eigenvalue weighted by atomic mass is 15.1. The molecule has 1 saturated heterocycles. The Hall–Kier alpha value is -2.04. The van der Waals surface area contributed by atoms with Crippen LogP contribution in [-0.4, -0.2) is 30.6 Å². The molecule has 0 bridgehead atoms. The fraction of sp³-hybridized carbons (Fsp3) is 0.467. The number of nitrogens with one attached hydrogen (secondary N) is 1. The van der Waals surface area contributed by atoms with Crippen molar-refractivity contribution in [1.82, 2.24) is 4.90 Å². The predicted octanol–water partition coefficient (Wildman–Crippen LogP) is 2.27. The number of piperidine rings is 1. The van der Waals surface area contributed by atoms with Gasteiger partial charge in [-0.05, 0) is 37.5 Å². The van der Waals surface area contributed by atoms with Crippen LogP contribution in [0.3, 0.4) is 0 Å². The van der Waals surface area contributed by atoms with Crippen molar-refractivity contribution in [3.8, 4) is 12.1 Å². The molecule has 0 aliphatic carbocycles.